The Labute approximate surface area is 126 Å². The van der Waals surface area contributed by atoms with E-state index in [1.54, 1.807) is 36.4 Å². The van der Waals surface area contributed by atoms with Gasteiger partial charge in [-0.25, -0.2) is 4.79 Å². The van der Waals surface area contributed by atoms with Crippen LogP contribution in [-0.2, 0) is 6.61 Å². The molecule has 5 heteroatoms. The van der Waals surface area contributed by atoms with E-state index in [0.717, 1.165) is 11.1 Å². The van der Waals surface area contributed by atoms with Crippen LogP contribution in [0.4, 0.5) is 0 Å². The molecule has 0 unspecified atom stereocenters. The van der Waals surface area contributed by atoms with E-state index in [1.165, 1.54) is 0 Å². The second-order valence-electron chi connectivity index (χ2n) is 4.31. The Balaban J connectivity index is 2.10. The van der Waals surface area contributed by atoms with Crippen LogP contribution >= 0.6 is 23.2 Å². The number of halogens is 2. The van der Waals surface area contributed by atoms with Crippen LogP contribution in [0.2, 0.25) is 10.0 Å². The van der Waals surface area contributed by atoms with Crippen molar-refractivity contribution in [2.24, 2.45) is 0 Å². The van der Waals surface area contributed by atoms with Crippen molar-refractivity contribution >= 4 is 29.2 Å². The molecular weight excluding hydrogens is 299 g/mol. The Bertz CT molecular complexity index is 654. The first-order chi connectivity index (χ1) is 9.47. The van der Waals surface area contributed by atoms with Gasteiger partial charge in [-0.1, -0.05) is 29.3 Å². The number of benzene rings is 2. The molecule has 0 atom stereocenters. The minimum atomic E-state index is -0.940. The molecule has 2 aromatic rings. The van der Waals surface area contributed by atoms with Gasteiger partial charge < -0.3 is 9.84 Å². The summed E-state index contributed by atoms with van der Waals surface area (Å²) in [6.07, 6.45) is 0. The Hall–Kier alpha value is -1.71. The number of hydrogen-bond donors (Lipinski definition) is 1. The first-order valence-electron chi connectivity index (χ1n) is 5.88. The average molecular weight is 311 g/mol. The number of carbonyl (C=O) groups is 1. The van der Waals surface area contributed by atoms with Gasteiger partial charge in [-0.05, 0) is 42.3 Å². The average Bonchev–Trinajstić information content (AvgIpc) is 2.41. The van der Waals surface area contributed by atoms with Gasteiger partial charge in [-0.2, -0.15) is 0 Å². The van der Waals surface area contributed by atoms with Crippen molar-refractivity contribution in [3.63, 3.8) is 0 Å². The van der Waals surface area contributed by atoms with E-state index in [0.29, 0.717) is 22.4 Å². The minimum absolute atomic E-state index is 0.265. The number of carboxylic acids is 1. The third-order valence-electron chi connectivity index (χ3n) is 2.87. The molecule has 3 nitrogen and oxygen atoms in total. The van der Waals surface area contributed by atoms with Crippen LogP contribution in [0.1, 0.15) is 21.5 Å². The zero-order valence-electron chi connectivity index (χ0n) is 10.7. The lowest BCUT2D eigenvalue weighted by Gasteiger charge is -2.10. The van der Waals surface area contributed by atoms with Crippen molar-refractivity contribution in [1.82, 2.24) is 0 Å². The molecule has 0 saturated carbocycles. The van der Waals surface area contributed by atoms with Crippen LogP contribution in [0.15, 0.2) is 36.4 Å². The topological polar surface area (TPSA) is 46.5 Å². The second kappa shape index (κ2) is 6.16. The maximum Gasteiger partial charge on any atom is 0.335 e. The van der Waals surface area contributed by atoms with E-state index in [2.05, 4.69) is 0 Å². The van der Waals surface area contributed by atoms with Gasteiger partial charge in [0.25, 0.3) is 0 Å². The summed E-state index contributed by atoms with van der Waals surface area (Å²) >= 11 is 11.7. The number of hydrogen-bond acceptors (Lipinski definition) is 2. The highest BCUT2D eigenvalue weighted by atomic mass is 35.5. The van der Waals surface area contributed by atoms with Gasteiger partial charge in [-0.15, -0.1) is 0 Å². The van der Waals surface area contributed by atoms with Gasteiger partial charge in [0.15, 0.2) is 0 Å². The van der Waals surface area contributed by atoms with E-state index < -0.39 is 5.97 Å². The van der Waals surface area contributed by atoms with Crippen LogP contribution in [0.25, 0.3) is 0 Å². The Morgan fingerprint density at radius 2 is 1.90 bits per heavy atom. The monoisotopic (exact) mass is 310 g/mol. The van der Waals surface area contributed by atoms with E-state index in [9.17, 15) is 4.79 Å². The molecule has 0 radical (unpaired) electrons. The zero-order chi connectivity index (χ0) is 14.7. The van der Waals surface area contributed by atoms with E-state index in [4.69, 9.17) is 33.0 Å². The van der Waals surface area contributed by atoms with Gasteiger partial charge in [-0.3, -0.25) is 0 Å². The van der Waals surface area contributed by atoms with E-state index in [1.807, 2.05) is 6.92 Å². The summed E-state index contributed by atoms with van der Waals surface area (Å²) in [5, 5.41) is 9.81. The highest BCUT2D eigenvalue weighted by Crippen LogP contribution is 2.27. The van der Waals surface area contributed by atoms with Crippen molar-refractivity contribution in [2.45, 2.75) is 13.5 Å². The number of aromatic carboxylic acids is 1. The fourth-order valence-corrected chi connectivity index (χ4v) is 2.01. The van der Waals surface area contributed by atoms with Crippen LogP contribution < -0.4 is 4.74 Å². The quantitative estimate of drug-likeness (QED) is 0.899. The summed E-state index contributed by atoms with van der Waals surface area (Å²) in [6.45, 7) is 2.18. The molecule has 0 heterocycles. The van der Waals surface area contributed by atoms with Crippen molar-refractivity contribution in [3.8, 4) is 5.75 Å². The summed E-state index contributed by atoms with van der Waals surface area (Å²) in [5.41, 5.74) is 2.05. The molecule has 0 aliphatic rings. The van der Waals surface area contributed by atoms with Crippen LogP contribution in [0.5, 0.6) is 5.75 Å². The fraction of sp³-hybridized carbons (Fsp3) is 0.133. The number of aryl methyl sites for hydroxylation is 1. The standard InChI is InChI=1S/C15H12Cl2O3/c1-9-6-10(15(18)19)2-3-11(9)8-20-12-4-5-13(16)14(17)7-12/h2-7H,8H2,1H3,(H,18,19). The largest absolute Gasteiger partial charge is 0.489 e. The first kappa shape index (κ1) is 14.7. The molecule has 0 saturated heterocycles. The van der Waals surface area contributed by atoms with Crippen molar-refractivity contribution < 1.29 is 14.6 Å². The predicted molar refractivity (Wildman–Crippen MR) is 78.9 cm³/mol. The Morgan fingerprint density at radius 3 is 2.50 bits per heavy atom. The molecule has 104 valence electrons. The van der Waals surface area contributed by atoms with Crippen LogP contribution in [0.3, 0.4) is 0 Å². The Morgan fingerprint density at radius 1 is 1.15 bits per heavy atom. The lowest BCUT2D eigenvalue weighted by atomic mass is 10.1. The van der Waals surface area contributed by atoms with Crippen molar-refractivity contribution in [3.05, 3.63) is 63.1 Å². The van der Waals surface area contributed by atoms with Crippen LogP contribution in [-0.4, -0.2) is 11.1 Å². The Kier molecular flexibility index (Phi) is 4.53. The molecule has 0 aliphatic carbocycles. The van der Waals surface area contributed by atoms with Gasteiger partial charge in [0.1, 0.15) is 12.4 Å². The molecule has 0 fully saturated rings. The summed E-state index contributed by atoms with van der Waals surface area (Å²) in [7, 11) is 0. The minimum Gasteiger partial charge on any atom is -0.489 e. The predicted octanol–water partition coefficient (Wildman–Crippen LogP) is 4.58. The maximum absolute atomic E-state index is 10.9. The molecule has 2 aromatic carbocycles. The summed E-state index contributed by atoms with van der Waals surface area (Å²) in [4.78, 5) is 10.9. The summed E-state index contributed by atoms with van der Waals surface area (Å²) in [6, 6.07) is 9.97. The molecule has 0 aromatic heterocycles. The van der Waals surface area contributed by atoms with Gasteiger partial charge >= 0.3 is 5.97 Å². The zero-order valence-corrected chi connectivity index (χ0v) is 12.2. The normalized spacial score (nSPS) is 10.3. The fourth-order valence-electron chi connectivity index (χ4n) is 1.72. The van der Waals surface area contributed by atoms with Crippen molar-refractivity contribution in [1.29, 1.82) is 0 Å². The molecule has 0 aliphatic heterocycles. The molecule has 0 amide bonds. The molecule has 2 rings (SSSR count). The van der Waals surface area contributed by atoms with E-state index >= 15 is 0 Å². The van der Waals surface area contributed by atoms with Gasteiger partial charge in [0, 0.05) is 6.07 Å². The molecule has 0 spiro atoms. The van der Waals surface area contributed by atoms with E-state index in [-0.39, 0.29) is 5.56 Å². The number of ether oxygens (including phenoxy) is 1. The molecule has 0 bridgehead atoms. The molecule has 1 N–H and O–H groups in total. The maximum atomic E-state index is 10.9. The highest BCUT2D eigenvalue weighted by Gasteiger charge is 2.07. The third kappa shape index (κ3) is 3.44. The number of carboxylic acid groups (broad SMARTS) is 1. The lowest BCUT2D eigenvalue weighted by Crippen LogP contribution is -2.01. The smallest absolute Gasteiger partial charge is 0.335 e. The highest BCUT2D eigenvalue weighted by molar-refractivity contribution is 6.42. The van der Waals surface area contributed by atoms with Crippen molar-refractivity contribution in [2.75, 3.05) is 0 Å². The summed E-state index contributed by atoms with van der Waals surface area (Å²) < 4.78 is 5.62. The summed E-state index contributed by atoms with van der Waals surface area (Å²) in [5.74, 6) is -0.328. The third-order valence-corrected chi connectivity index (χ3v) is 3.61. The van der Waals surface area contributed by atoms with Gasteiger partial charge in [0.2, 0.25) is 0 Å². The second-order valence-corrected chi connectivity index (χ2v) is 5.13. The first-order valence-corrected chi connectivity index (χ1v) is 6.63. The molecule has 20 heavy (non-hydrogen) atoms. The molecular formula is C15H12Cl2O3. The van der Waals surface area contributed by atoms with Crippen LogP contribution in [0, 0.1) is 6.92 Å². The number of rotatable bonds is 4. The SMILES string of the molecule is Cc1cc(C(=O)O)ccc1COc1ccc(Cl)c(Cl)c1. The van der Waals surface area contributed by atoms with Gasteiger partial charge in [0.05, 0.1) is 15.6 Å². The lowest BCUT2D eigenvalue weighted by molar-refractivity contribution is 0.0696.